The summed E-state index contributed by atoms with van der Waals surface area (Å²) >= 11 is 0. The molecule has 0 radical (unpaired) electrons. The fraction of sp³-hybridized carbons (Fsp3) is 0.238. The van der Waals surface area contributed by atoms with Gasteiger partial charge in [0.2, 0.25) is 0 Å². The van der Waals surface area contributed by atoms with Gasteiger partial charge in [-0.25, -0.2) is 9.59 Å². The van der Waals surface area contributed by atoms with Crippen molar-refractivity contribution in [2.45, 2.75) is 25.7 Å². The topological polar surface area (TPSA) is 65.7 Å². The van der Waals surface area contributed by atoms with Crippen molar-refractivity contribution in [3.8, 4) is 11.5 Å². The molecule has 1 aromatic heterocycles. The molecule has 132 valence electrons. The van der Waals surface area contributed by atoms with Gasteiger partial charge >= 0.3 is 11.6 Å². The standard InChI is InChI=1S/C21H18O5/c1-24-14-6-4-5-13(11-14)20(22)25-15-9-10-17-16-7-2-3-8-18(16)21(23)26-19(17)12-15/h4-6,9-12H,2-3,7-8H2,1H3. The monoisotopic (exact) mass is 350 g/mol. The van der Waals surface area contributed by atoms with E-state index in [1.54, 1.807) is 36.4 Å². The van der Waals surface area contributed by atoms with E-state index in [0.717, 1.165) is 42.2 Å². The van der Waals surface area contributed by atoms with E-state index in [9.17, 15) is 9.59 Å². The number of carbonyl (C=O) groups is 1. The number of rotatable bonds is 3. The van der Waals surface area contributed by atoms with E-state index in [1.165, 1.54) is 7.11 Å². The van der Waals surface area contributed by atoms with E-state index in [0.29, 0.717) is 22.6 Å². The summed E-state index contributed by atoms with van der Waals surface area (Å²) in [5.41, 5.74) is 2.39. The molecule has 0 fully saturated rings. The summed E-state index contributed by atoms with van der Waals surface area (Å²) in [5, 5.41) is 0.917. The summed E-state index contributed by atoms with van der Waals surface area (Å²) in [5.74, 6) is 0.420. The van der Waals surface area contributed by atoms with Crippen LogP contribution in [0.5, 0.6) is 11.5 Å². The number of methoxy groups -OCH3 is 1. The van der Waals surface area contributed by atoms with Gasteiger partial charge in [-0.05, 0) is 61.6 Å². The van der Waals surface area contributed by atoms with Crippen LogP contribution in [0.25, 0.3) is 11.0 Å². The largest absolute Gasteiger partial charge is 0.497 e. The van der Waals surface area contributed by atoms with Crippen molar-refractivity contribution in [3.63, 3.8) is 0 Å². The van der Waals surface area contributed by atoms with Gasteiger partial charge in [-0.2, -0.15) is 0 Å². The van der Waals surface area contributed by atoms with Crippen LogP contribution in [-0.2, 0) is 12.8 Å². The minimum absolute atomic E-state index is 0.288. The van der Waals surface area contributed by atoms with Crippen LogP contribution < -0.4 is 15.1 Å². The molecule has 4 rings (SSSR count). The number of fused-ring (bicyclic) bond motifs is 3. The zero-order valence-electron chi connectivity index (χ0n) is 14.4. The molecule has 2 aromatic carbocycles. The van der Waals surface area contributed by atoms with E-state index in [2.05, 4.69) is 0 Å². The highest BCUT2D eigenvalue weighted by Gasteiger charge is 2.18. The van der Waals surface area contributed by atoms with Gasteiger partial charge in [0.25, 0.3) is 0 Å². The normalized spacial score (nSPS) is 13.3. The zero-order valence-corrected chi connectivity index (χ0v) is 14.4. The number of carbonyl (C=O) groups excluding carboxylic acids is 1. The Hall–Kier alpha value is -3.08. The molecule has 0 saturated heterocycles. The highest BCUT2D eigenvalue weighted by Crippen LogP contribution is 2.29. The van der Waals surface area contributed by atoms with E-state index in [-0.39, 0.29) is 5.63 Å². The van der Waals surface area contributed by atoms with E-state index < -0.39 is 5.97 Å². The fourth-order valence-electron chi connectivity index (χ4n) is 3.41. The number of ether oxygens (including phenoxy) is 2. The molecule has 0 bridgehead atoms. The number of hydrogen-bond donors (Lipinski definition) is 0. The molecule has 0 unspecified atom stereocenters. The Bertz CT molecular complexity index is 1050. The van der Waals surface area contributed by atoms with Crippen molar-refractivity contribution in [1.29, 1.82) is 0 Å². The minimum atomic E-state index is -0.497. The molecule has 1 heterocycles. The van der Waals surface area contributed by atoms with Crippen molar-refractivity contribution in [1.82, 2.24) is 0 Å². The first-order chi connectivity index (χ1) is 12.7. The predicted octanol–water partition coefficient (Wildman–Crippen LogP) is 3.90. The van der Waals surface area contributed by atoms with Gasteiger partial charge in [-0.1, -0.05) is 6.07 Å². The first-order valence-corrected chi connectivity index (χ1v) is 8.60. The second-order valence-corrected chi connectivity index (χ2v) is 6.33. The Labute approximate surface area is 150 Å². The SMILES string of the molecule is COc1cccc(C(=O)Oc2ccc3c4c(c(=O)oc3c2)CCCC4)c1. The minimum Gasteiger partial charge on any atom is -0.497 e. The van der Waals surface area contributed by atoms with Crippen molar-refractivity contribution < 1.29 is 18.7 Å². The molecule has 26 heavy (non-hydrogen) atoms. The molecule has 0 saturated carbocycles. The molecular weight excluding hydrogens is 332 g/mol. The lowest BCUT2D eigenvalue weighted by Gasteiger charge is -2.16. The van der Waals surface area contributed by atoms with Crippen LogP contribution in [0.1, 0.15) is 34.3 Å². The molecule has 5 nitrogen and oxygen atoms in total. The second-order valence-electron chi connectivity index (χ2n) is 6.33. The van der Waals surface area contributed by atoms with Gasteiger partial charge in [0, 0.05) is 17.0 Å². The van der Waals surface area contributed by atoms with Crippen LogP contribution in [0.3, 0.4) is 0 Å². The third kappa shape index (κ3) is 2.96. The van der Waals surface area contributed by atoms with Gasteiger partial charge in [0.05, 0.1) is 12.7 Å². The summed E-state index contributed by atoms with van der Waals surface area (Å²) < 4.78 is 16.0. The molecular formula is C21H18O5. The summed E-state index contributed by atoms with van der Waals surface area (Å²) in [6.45, 7) is 0. The Morgan fingerprint density at radius 3 is 2.62 bits per heavy atom. The van der Waals surface area contributed by atoms with Crippen molar-refractivity contribution in [2.24, 2.45) is 0 Å². The number of esters is 1. The van der Waals surface area contributed by atoms with Crippen LogP contribution in [0, 0.1) is 0 Å². The molecule has 3 aromatic rings. The van der Waals surface area contributed by atoms with Crippen LogP contribution in [-0.4, -0.2) is 13.1 Å². The third-order valence-corrected chi connectivity index (χ3v) is 4.71. The molecule has 0 aliphatic heterocycles. The van der Waals surface area contributed by atoms with E-state index >= 15 is 0 Å². The number of hydrogen-bond acceptors (Lipinski definition) is 5. The van der Waals surface area contributed by atoms with Crippen LogP contribution >= 0.6 is 0 Å². The predicted molar refractivity (Wildman–Crippen MR) is 97.1 cm³/mol. The molecule has 1 aliphatic carbocycles. The zero-order chi connectivity index (χ0) is 18.1. The first kappa shape index (κ1) is 16.4. The Morgan fingerprint density at radius 1 is 1.00 bits per heavy atom. The maximum atomic E-state index is 12.3. The molecule has 0 amide bonds. The van der Waals surface area contributed by atoms with Gasteiger partial charge < -0.3 is 13.9 Å². The fourth-order valence-corrected chi connectivity index (χ4v) is 3.41. The smallest absolute Gasteiger partial charge is 0.343 e. The summed E-state index contributed by atoms with van der Waals surface area (Å²) in [7, 11) is 1.54. The Balaban J connectivity index is 1.67. The second kappa shape index (κ2) is 6.67. The molecule has 0 atom stereocenters. The average molecular weight is 350 g/mol. The summed E-state index contributed by atoms with van der Waals surface area (Å²) in [4.78, 5) is 24.6. The van der Waals surface area contributed by atoms with Crippen molar-refractivity contribution in [2.75, 3.05) is 7.11 Å². The molecule has 0 spiro atoms. The quantitative estimate of drug-likeness (QED) is 0.407. The summed E-state index contributed by atoms with van der Waals surface area (Å²) in [6, 6.07) is 11.9. The van der Waals surface area contributed by atoms with Crippen molar-refractivity contribution >= 4 is 16.9 Å². The average Bonchev–Trinajstić information content (AvgIpc) is 2.68. The lowest BCUT2D eigenvalue weighted by Crippen LogP contribution is -2.16. The summed E-state index contributed by atoms with van der Waals surface area (Å²) in [6.07, 6.45) is 3.72. The maximum Gasteiger partial charge on any atom is 0.343 e. The maximum absolute atomic E-state index is 12.3. The Morgan fingerprint density at radius 2 is 1.81 bits per heavy atom. The lowest BCUT2D eigenvalue weighted by molar-refractivity contribution is 0.0734. The molecule has 1 aliphatic rings. The Kier molecular flexibility index (Phi) is 4.21. The highest BCUT2D eigenvalue weighted by molar-refractivity contribution is 5.92. The van der Waals surface area contributed by atoms with Gasteiger partial charge in [0.1, 0.15) is 17.1 Å². The van der Waals surface area contributed by atoms with Gasteiger partial charge in [0.15, 0.2) is 0 Å². The highest BCUT2D eigenvalue weighted by atomic mass is 16.5. The molecule has 0 N–H and O–H groups in total. The van der Waals surface area contributed by atoms with Crippen LogP contribution in [0.4, 0.5) is 0 Å². The molecule has 5 heteroatoms. The van der Waals surface area contributed by atoms with Crippen LogP contribution in [0.2, 0.25) is 0 Å². The van der Waals surface area contributed by atoms with Crippen LogP contribution in [0.15, 0.2) is 51.7 Å². The lowest BCUT2D eigenvalue weighted by atomic mass is 9.91. The van der Waals surface area contributed by atoms with E-state index in [1.807, 2.05) is 6.07 Å². The van der Waals surface area contributed by atoms with Gasteiger partial charge in [-0.15, -0.1) is 0 Å². The van der Waals surface area contributed by atoms with Crippen molar-refractivity contribution in [3.05, 3.63) is 69.6 Å². The third-order valence-electron chi connectivity index (χ3n) is 4.71. The number of aryl methyl sites for hydroxylation is 1. The van der Waals surface area contributed by atoms with Gasteiger partial charge in [-0.3, -0.25) is 0 Å². The number of benzene rings is 2. The van der Waals surface area contributed by atoms with E-state index in [4.69, 9.17) is 13.9 Å². The first-order valence-electron chi connectivity index (χ1n) is 8.60.